The molecule has 1 saturated heterocycles. The van der Waals surface area contributed by atoms with Gasteiger partial charge in [-0.2, -0.15) is 0 Å². The largest absolute Gasteiger partial charge is 0.311 e. The lowest BCUT2D eigenvalue weighted by Crippen LogP contribution is -2.30. The van der Waals surface area contributed by atoms with Crippen LogP contribution in [-0.2, 0) is 13.0 Å². The van der Waals surface area contributed by atoms with Crippen LogP contribution in [0.4, 0.5) is 0 Å². The van der Waals surface area contributed by atoms with Crippen molar-refractivity contribution in [3.8, 4) is 0 Å². The van der Waals surface area contributed by atoms with Crippen molar-refractivity contribution in [3.63, 3.8) is 0 Å². The van der Waals surface area contributed by atoms with E-state index < -0.39 is 0 Å². The Morgan fingerprint density at radius 2 is 2.14 bits per heavy atom. The van der Waals surface area contributed by atoms with E-state index in [9.17, 15) is 0 Å². The van der Waals surface area contributed by atoms with E-state index in [0.717, 1.165) is 24.1 Å². The molecule has 1 fully saturated rings. The average molecular weight is 286 g/mol. The van der Waals surface area contributed by atoms with Crippen molar-refractivity contribution >= 4 is 11.2 Å². The third kappa shape index (κ3) is 3.10. The van der Waals surface area contributed by atoms with Crippen molar-refractivity contribution in [1.82, 2.24) is 19.4 Å². The predicted octanol–water partition coefficient (Wildman–Crippen LogP) is 3.11. The normalized spacial score (nSPS) is 20.5. The summed E-state index contributed by atoms with van der Waals surface area (Å²) in [6, 6.07) is 4.66. The molecule has 0 saturated carbocycles. The third-order valence-electron chi connectivity index (χ3n) is 4.34. The van der Waals surface area contributed by atoms with Gasteiger partial charge in [0.2, 0.25) is 0 Å². The maximum atomic E-state index is 4.85. The van der Waals surface area contributed by atoms with Gasteiger partial charge in [-0.15, -0.1) is 0 Å². The standard InChI is InChI=1S/C17H26N4/c1-17(2,3)11-15-19-14-8-5-9-18-16(14)21(15)12-13-7-6-10-20(13)4/h5,8-9,13H,6-7,10-12H2,1-4H3. The summed E-state index contributed by atoms with van der Waals surface area (Å²) in [5.74, 6) is 1.18. The molecule has 4 heteroatoms. The van der Waals surface area contributed by atoms with Crippen LogP contribution in [0, 0.1) is 5.41 Å². The molecule has 0 radical (unpaired) electrons. The average Bonchev–Trinajstić information content (AvgIpc) is 2.94. The van der Waals surface area contributed by atoms with Crippen molar-refractivity contribution in [1.29, 1.82) is 0 Å². The van der Waals surface area contributed by atoms with E-state index in [4.69, 9.17) is 4.98 Å². The Bertz CT molecular complexity index is 623. The van der Waals surface area contributed by atoms with Crippen LogP contribution in [-0.4, -0.2) is 39.1 Å². The molecular formula is C17H26N4. The lowest BCUT2D eigenvalue weighted by atomic mass is 9.92. The minimum absolute atomic E-state index is 0.237. The Morgan fingerprint density at radius 3 is 2.81 bits per heavy atom. The van der Waals surface area contributed by atoms with Gasteiger partial charge in [-0.25, -0.2) is 9.97 Å². The van der Waals surface area contributed by atoms with Gasteiger partial charge in [0.25, 0.3) is 0 Å². The summed E-state index contributed by atoms with van der Waals surface area (Å²) in [5, 5.41) is 0. The van der Waals surface area contributed by atoms with Crippen LogP contribution >= 0.6 is 0 Å². The molecule has 2 aromatic rings. The number of imidazole rings is 1. The molecule has 1 aliphatic rings. The summed E-state index contributed by atoms with van der Waals surface area (Å²) in [4.78, 5) is 11.9. The first kappa shape index (κ1) is 14.5. The SMILES string of the molecule is CN1CCCC1Cn1c(CC(C)(C)C)nc2cccnc21. The number of likely N-dealkylation sites (N-methyl/N-ethyl adjacent to an activating group) is 1. The third-order valence-corrected chi connectivity index (χ3v) is 4.34. The number of nitrogens with zero attached hydrogens (tertiary/aromatic N) is 4. The first-order valence-electron chi connectivity index (χ1n) is 7.94. The molecule has 0 N–H and O–H groups in total. The zero-order valence-electron chi connectivity index (χ0n) is 13.6. The zero-order chi connectivity index (χ0) is 15.0. The lowest BCUT2D eigenvalue weighted by molar-refractivity contribution is 0.278. The fraction of sp³-hybridized carbons (Fsp3) is 0.647. The van der Waals surface area contributed by atoms with Crippen LogP contribution in [0.25, 0.3) is 11.2 Å². The van der Waals surface area contributed by atoms with Gasteiger partial charge in [-0.1, -0.05) is 20.8 Å². The van der Waals surface area contributed by atoms with E-state index >= 15 is 0 Å². The molecule has 21 heavy (non-hydrogen) atoms. The molecule has 114 valence electrons. The second-order valence-corrected chi connectivity index (χ2v) is 7.50. The second kappa shape index (κ2) is 5.41. The molecule has 1 aliphatic heterocycles. The van der Waals surface area contributed by atoms with Crippen LogP contribution < -0.4 is 0 Å². The Balaban J connectivity index is 1.98. The number of hydrogen-bond acceptors (Lipinski definition) is 3. The maximum absolute atomic E-state index is 4.85. The molecule has 3 heterocycles. The van der Waals surface area contributed by atoms with Gasteiger partial charge in [-0.3, -0.25) is 0 Å². The Labute approximate surface area is 127 Å². The van der Waals surface area contributed by atoms with Gasteiger partial charge in [0.1, 0.15) is 11.3 Å². The molecule has 0 aliphatic carbocycles. The number of rotatable bonds is 3. The Kier molecular flexibility index (Phi) is 3.74. The molecule has 4 nitrogen and oxygen atoms in total. The number of fused-ring (bicyclic) bond motifs is 1. The van der Waals surface area contributed by atoms with Crippen LogP contribution in [0.1, 0.15) is 39.4 Å². The monoisotopic (exact) mass is 286 g/mol. The zero-order valence-corrected chi connectivity index (χ0v) is 13.6. The first-order valence-corrected chi connectivity index (χ1v) is 7.94. The molecule has 0 spiro atoms. The second-order valence-electron chi connectivity index (χ2n) is 7.50. The van der Waals surface area contributed by atoms with Crippen LogP contribution in [0.15, 0.2) is 18.3 Å². The van der Waals surface area contributed by atoms with E-state index in [1.807, 2.05) is 12.3 Å². The van der Waals surface area contributed by atoms with Crippen molar-refractivity contribution in [3.05, 3.63) is 24.2 Å². The van der Waals surface area contributed by atoms with E-state index in [0.29, 0.717) is 6.04 Å². The van der Waals surface area contributed by atoms with Crippen molar-refractivity contribution in [2.75, 3.05) is 13.6 Å². The maximum Gasteiger partial charge on any atom is 0.160 e. The highest BCUT2D eigenvalue weighted by molar-refractivity contribution is 5.71. The minimum Gasteiger partial charge on any atom is -0.311 e. The molecular weight excluding hydrogens is 260 g/mol. The molecule has 3 rings (SSSR count). The number of aromatic nitrogens is 3. The fourth-order valence-electron chi connectivity index (χ4n) is 3.23. The summed E-state index contributed by atoms with van der Waals surface area (Å²) in [6.45, 7) is 9.03. The highest BCUT2D eigenvalue weighted by Gasteiger charge is 2.25. The molecule has 0 bridgehead atoms. The van der Waals surface area contributed by atoms with Crippen molar-refractivity contribution in [2.24, 2.45) is 5.41 Å². The topological polar surface area (TPSA) is 34.0 Å². The number of likely N-dealkylation sites (tertiary alicyclic amines) is 1. The summed E-state index contributed by atoms with van der Waals surface area (Å²) < 4.78 is 2.35. The quantitative estimate of drug-likeness (QED) is 0.869. The summed E-state index contributed by atoms with van der Waals surface area (Å²) in [7, 11) is 2.23. The van der Waals surface area contributed by atoms with Crippen molar-refractivity contribution in [2.45, 2.75) is 52.6 Å². The van der Waals surface area contributed by atoms with E-state index in [-0.39, 0.29) is 5.41 Å². The van der Waals surface area contributed by atoms with Gasteiger partial charge in [0.15, 0.2) is 5.65 Å². The summed E-state index contributed by atoms with van der Waals surface area (Å²) >= 11 is 0. The smallest absolute Gasteiger partial charge is 0.160 e. The van der Waals surface area contributed by atoms with Gasteiger partial charge in [0.05, 0.1) is 0 Å². The molecule has 1 atom stereocenters. The number of pyridine rings is 1. The predicted molar refractivity (Wildman–Crippen MR) is 86.3 cm³/mol. The van der Waals surface area contributed by atoms with Crippen LogP contribution in [0.2, 0.25) is 0 Å². The molecule has 0 amide bonds. The van der Waals surface area contributed by atoms with Crippen LogP contribution in [0.5, 0.6) is 0 Å². The Hall–Kier alpha value is -1.42. The summed E-state index contributed by atoms with van der Waals surface area (Å²) in [5.41, 5.74) is 2.30. The van der Waals surface area contributed by atoms with E-state index in [1.165, 1.54) is 25.2 Å². The van der Waals surface area contributed by atoms with E-state index in [2.05, 4.69) is 48.3 Å². The lowest BCUT2D eigenvalue weighted by Gasteiger charge is -2.23. The van der Waals surface area contributed by atoms with Crippen LogP contribution in [0.3, 0.4) is 0 Å². The highest BCUT2D eigenvalue weighted by atomic mass is 15.2. The number of hydrogen-bond donors (Lipinski definition) is 0. The Morgan fingerprint density at radius 1 is 1.33 bits per heavy atom. The minimum atomic E-state index is 0.237. The van der Waals surface area contributed by atoms with E-state index in [1.54, 1.807) is 0 Å². The first-order chi connectivity index (χ1) is 9.94. The van der Waals surface area contributed by atoms with Gasteiger partial charge >= 0.3 is 0 Å². The van der Waals surface area contributed by atoms with Gasteiger partial charge in [0, 0.05) is 25.2 Å². The van der Waals surface area contributed by atoms with Gasteiger partial charge < -0.3 is 9.47 Å². The van der Waals surface area contributed by atoms with Crippen molar-refractivity contribution < 1.29 is 0 Å². The van der Waals surface area contributed by atoms with Gasteiger partial charge in [-0.05, 0) is 44.0 Å². The highest BCUT2D eigenvalue weighted by Crippen LogP contribution is 2.25. The molecule has 0 aromatic carbocycles. The molecule has 2 aromatic heterocycles. The summed E-state index contributed by atoms with van der Waals surface area (Å²) in [6.07, 6.45) is 5.44. The fourth-order valence-corrected chi connectivity index (χ4v) is 3.23. The molecule has 1 unspecified atom stereocenters.